The third-order valence-corrected chi connectivity index (χ3v) is 2.99. The van der Waals surface area contributed by atoms with Gasteiger partial charge in [0.15, 0.2) is 0 Å². The second-order valence-corrected chi connectivity index (χ2v) is 3.83. The van der Waals surface area contributed by atoms with Gasteiger partial charge in [-0.2, -0.15) is 4.91 Å². The van der Waals surface area contributed by atoms with Gasteiger partial charge in [0.2, 0.25) is 0 Å². The van der Waals surface area contributed by atoms with Crippen LogP contribution < -0.4 is 0 Å². The molecule has 0 aliphatic heterocycles. The van der Waals surface area contributed by atoms with Gasteiger partial charge in [0.25, 0.3) is 0 Å². The fourth-order valence-corrected chi connectivity index (χ4v) is 1.33. The Bertz CT molecular complexity index is 119. The summed E-state index contributed by atoms with van der Waals surface area (Å²) in [4.78, 5) is 9.82. The van der Waals surface area contributed by atoms with Crippen LogP contribution in [0, 0.1) is 10.3 Å². The average molecular weight is 171 g/mol. The molecular formula is C10H21NO. The molecule has 0 aliphatic rings. The highest BCUT2D eigenvalue weighted by molar-refractivity contribution is 4.70. The lowest BCUT2D eigenvalue weighted by atomic mass is 9.80. The van der Waals surface area contributed by atoms with Crippen LogP contribution in [0.5, 0.6) is 0 Å². The molecule has 0 spiro atoms. The van der Waals surface area contributed by atoms with Crippen LogP contribution >= 0.6 is 0 Å². The van der Waals surface area contributed by atoms with Gasteiger partial charge < -0.3 is 0 Å². The van der Waals surface area contributed by atoms with Crippen molar-refractivity contribution in [1.82, 2.24) is 0 Å². The lowest BCUT2D eigenvalue weighted by Gasteiger charge is -2.26. The van der Waals surface area contributed by atoms with Crippen molar-refractivity contribution in [3.8, 4) is 0 Å². The summed E-state index contributed by atoms with van der Waals surface area (Å²) >= 11 is 0. The van der Waals surface area contributed by atoms with Crippen LogP contribution in [-0.4, -0.2) is 6.54 Å². The zero-order chi connectivity index (χ0) is 9.45. The Labute approximate surface area is 75.7 Å². The summed E-state index contributed by atoms with van der Waals surface area (Å²) in [6.07, 6.45) is 5.80. The maximum atomic E-state index is 9.82. The van der Waals surface area contributed by atoms with Crippen molar-refractivity contribution in [2.45, 2.75) is 52.9 Å². The van der Waals surface area contributed by atoms with Gasteiger partial charge in [0.05, 0.1) is 6.54 Å². The first-order chi connectivity index (χ1) is 5.68. The van der Waals surface area contributed by atoms with Crippen molar-refractivity contribution in [2.24, 2.45) is 10.6 Å². The van der Waals surface area contributed by atoms with Gasteiger partial charge in [-0.1, -0.05) is 45.2 Å². The van der Waals surface area contributed by atoms with Crippen molar-refractivity contribution >= 4 is 0 Å². The number of unbranched alkanes of at least 4 members (excludes halogenated alkanes) is 1. The Morgan fingerprint density at radius 3 is 2.17 bits per heavy atom. The number of hydrogen-bond acceptors (Lipinski definition) is 2. The quantitative estimate of drug-likeness (QED) is 0.423. The molecular weight excluding hydrogens is 150 g/mol. The van der Waals surface area contributed by atoms with Gasteiger partial charge in [0.1, 0.15) is 0 Å². The van der Waals surface area contributed by atoms with E-state index in [4.69, 9.17) is 0 Å². The minimum Gasteiger partial charge on any atom is -0.151 e. The van der Waals surface area contributed by atoms with E-state index in [1.54, 1.807) is 0 Å². The molecule has 0 radical (unpaired) electrons. The van der Waals surface area contributed by atoms with E-state index in [9.17, 15) is 4.91 Å². The summed E-state index contributed by atoms with van der Waals surface area (Å²) in [5, 5.41) is 2.86. The van der Waals surface area contributed by atoms with E-state index < -0.39 is 0 Å². The minimum atomic E-state index is 0.489. The first kappa shape index (κ1) is 11.6. The van der Waals surface area contributed by atoms with Crippen molar-refractivity contribution in [1.29, 1.82) is 0 Å². The SMILES string of the molecule is CCC(C)(CC)CCCCN=O. The second-order valence-electron chi connectivity index (χ2n) is 3.83. The summed E-state index contributed by atoms with van der Waals surface area (Å²) in [6.45, 7) is 7.29. The Morgan fingerprint density at radius 2 is 1.75 bits per heavy atom. The fraction of sp³-hybridized carbons (Fsp3) is 1.00. The molecule has 0 N–H and O–H groups in total. The lowest BCUT2D eigenvalue weighted by molar-refractivity contribution is 0.264. The summed E-state index contributed by atoms with van der Waals surface area (Å²) in [6, 6.07) is 0. The van der Waals surface area contributed by atoms with E-state index in [1.165, 1.54) is 19.3 Å². The molecule has 0 heterocycles. The second kappa shape index (κ2) is 6.15. The van der Waals surface area contributed by atoms with E-state index in [0.29, 0.717) is 12.0 Å². The first-order valence-corrected chi connectivity index (χ1v) is 4.97. The molecule has 0 aromatic heterocycles. The van der Waals surface area contributed by atoms with Crippen LogP contribution in [0.3, 0.4) is 0 Å². The van der Waals surface area contributed by atoms with E-state index in [1.807, 2.05) is 0 Å². The van der Waals surface area contributed by atoms with Crippen LogP contribution in [0.1, 0.15) is 52.9 Å². The Balaban J connectivity index is 3.51. The zero-order valence-electron chi connectivity index (χ0n) is 8.60. The molecule has 2 nitrogen and oxygen atoms in total. The summed E-state index contributed by atoms with van der Waals surface area (Å²) in [5.41, 5.74) is 0.489. The third-order valence-electron chi connectivity index (χ3n) is 2.99. The first-order valence-electron chi connectivity index (χ1n) is 4.97. The Kier molecular flexibility index (Phi) is 5.95. The molecule has 72 valence electrons. The van der Waals surface area contributed by atoms with Gasteiger partial charge in [0, 0.05) is 0 Å². The van der Waals surface area contributed by atoms with Crippen LogP contribution in [-0.2, 0) is 0 Å². The maximum Gasteiger partial charge on any atom is 0.0811 e. The molecule has 12 heavy (non-hydrogen) atoms. The van der Waals surface area contributed by atoms with Crippen LogP contribution in [0.4, 0.5) is 0 Å². The van der Waals surface area contributed by atoms with Gasteiger partial charge >= 0.3 is 0 Å². The van der Waals surface area contributed by atoms with Crippen molar-refractivity contribution in [3.63, 3.8) is 0 Å². The Morgan fingerprint density at radius 1 is 1.17 bits per heavy atom. The van der Waals surface area contributed by atoms with Gasteiger partial charge in [-0.15, -0.1) is 0 Å². The number of nitrogens with zero attached hydrogens (tertiary/aromatic N) is 1. The van der Waals surface area contributed by atoms with Crippen molar-refractivity contribution in [2.75, 3.05) is 6.54 Å². The number of nitroso groups, excluding NO2 is 1. The zero-order valence-corrected chi connectivity index (χ0v) is 8.60. The van der Waals surface area contributed by atoms with Crippen LogP contribution in [0.25, 0.3) is 0 Å². The van der Waals surface area contributed by atoms with Gasteiger partial charge in [-0.3, -0.25) is 0 Å². The number of hydrogen-bond donors (Lipinski definition) is 0. The van der Waals surface area contributed by atoms with Gasteiger partial charge in [-0.25, -0.2) is 0 Å². The van der Waals surface area contributed by atoms with Crippen LogP contribution in [0.2, 0.25) is 0 Å². The van der Waals surface area contributed by atoms with Gasteiger partial charge in [-0.05, 0) is 18.3 Å². The molecule has 0 fully saturated rings. The predicted octanol–water partition coefficient (Wildman–Crippen LogP) is 3.75. The highest BCUT2D eigenvalue weighted by Crippen LogP contribution is 2.31. The maximum absolute atomic E-state index is 9.82. The molecule has 0 aromatic rings. The van der Waals surface area contributed by atoms with E-state index in [0.717, 1.165) is 12.8 Å². The van der Waals surface area contributed by atoms with Crippen molar-refractivity contribution < 1.29 is 0 Å². The molecule has 0 amide bonds. The molecule has 0 saturated heterocycles. The van der Waals surface area contributed by atoms with Crippen molar-refractivity contribution in [3.05, 3.63) is 4.91 Å². The smallest absolute Gasteiger partial charge is 0.0811 e. The average Bonchev–Trinajstić information content (AvgIpc) is 2.12. The molecule has 0 rings (SSSR count). The number of rotatable bonds is 7. The molecule has 2 heteroatoms. The standard InChI is InChI=1S/C10H21NO/c1-4-10(3,5-2)8-6-7-9-11-12/h4-9H2,1-3H3. The molecule has 0 atom stereocenters. The summed E-state index contributed by atoms with van der Waals surface area (Å²) < 4.78 is 0. The molecule has 0 bridgehead atoms. The molecule has 0 unspecified atom stereocenters. The lowest BCUT2D eigenvalue weighted by Crippen LogP contribution is -2.13. The summed E-state index contributed by atoms with van der Waals surface area (Å²) in [5.74, 6) is 0. The highest BCUT2D eigenvalue weighted by Gasteiger charge is 2.18. The largest absolute Gasteiger partial charge is 0.151 e. The third kappa shape index (κ3) is 4.47. The Hall–Kier alpha value is -0.400. The van der Waals surface area contributed by atoms with E-state index in [-0.39, 0.29) is 0 Å². The summed E-state index contributed by atoms with van der Waals surface area (Å²) in [7, 11) is 0. The fourth-order valence-electron chi connectivity index (χ4n) is 1.33. The topological polar surface area (TPSA) is 29.4 Å². The highest BCUT2D eigenvalue weighted by atomic mass is 16.3. The minimum absolute atomic E-state index is 0.489. The van der Waals surface area contributed by atoms with Crippen LogP contribution in [0.15, 0.2) is 5.18 Å². The van der Waals surface area contributed by atoms with E-state index >= 15 is 0 Å². The predicted molar refractivity (Wildman–Crippen MR) is 53.2 cm³/mol. The monoisotopic (exact) mass is 171 g/mol. The van der Waals surface area contributed by atoms with E-state index in [2.05, 4.69) is 25.9 Å². The normalized spacial score (nSPS) is 11.6. The molecule has 0 aliphatic carbocycles. The molecule has 0 saturated carbocycles. The molecule has 0 aromatic carbocycles.